The summed E-state index contributed by atoms with van der Waals surface area (Å²) in [7, 11) is 0. The quantitative estimate of drug-likeness (QED) is 0.577. The number of aromatic nitrogens is 1. The van der Waals surface area contributed by atoms with Gasteiger partial charge in [-0.25, -0.2) is 4.79 Å². The summed E-state index contributed by atoms with van der Waals surface area (Å²) in [5, 5.41) is 10.5. The third-order valence-corrected chi connectivity index (χ3v) is 5.38. The molecule has 0 aliphatic carbocycles. The van der Waals surface area contributed by atoms with E-state index in [1.807, 2.05) is 13.0 Å². The molecule has 0 aliphatic rings. The molecule has 0 radical (unpaired) electrons. The number of hydrogen-bond acceptors (Lipinski definition) is 3. The van der Waals surface area contributed by atoms with Gasteiger partial charge in [0.15, 0.2) is 0 Å². The number of aromatic carboxylic acids is 1. The molecule has 126 valence electrons. The molecule has 0 atom stereocenters. The minimum absolute atomic E-state index is 0.370. The monoisotopic (exact) mass is 342 g/mol. The van der Waals surface area contributed by atoms with Gasteiger partial charge in [-0.05, 0) is 69.0 Å². The molecule has 0 saturated heterocycles. The Morgan fingerprint density at radius 3 is 2.62 bits per heavy atom. The van der Waals surface area contributed by atoms with Crippen molar-refractivity contribution >= 4 is 28.2 Å². The van der Waals surface area contributed by atoms with E-state index in [0.29, 0.717) is 12.1 Å². The van der Waals surface area contributed by atoms with Crippen molar-refractivity contribution in [3.05, 3.63) is 45.8 Å². The molecular weight excluding hydrogens is 320 g/mol. The minimum Gasteiger partial charge on any atom is -0.478 e. The summed E-state index contributed by atoms with van der Waals surface area (Å²) in [4.78, 5) is 17.6. The molecule has 3 rings (SSSR count). The minimum atomic E-state index is -0.881. The van der Waals surface area contributed by atoms with Gasteiger partial charge in [0, 0.05) is 15.8 Å². The van der Waals surface area contributed by atoms with E-state index >= 15 is 0 Å². The van der Waals surface area contributed by atoms with Gasteiger partial charge in [0.1, 0.15) is 0 Å². The highest BCUT2D eigenvalue weighted by Crippen LogP contribution is 2.37. The van der Waals surface area contributed by atoms with Crippen LogP contribution in [-0.2, 0) is 6.42 Å². The maximum absolute atomic E-state index is 11.7. The average molecular weight is 342 g/mol. The van der Waals surface area contributed by atoms with Crippen LogP contribution in [0.15, 0.2) is 24.3 Å². The lowest BCUT2D eigenvalue weighted by molar-refractivity contribution is 0.0699. The maximum Gasteiger partial charge on any atom is 0.336 e. The fraction of sp³-hybridized carbons (Fsp3) is 0.316. The summed E-state index contributed by atoms with van der Waals surface area (Å²) < 4.78 is 0. The number of aromatic amines is 1. The summed E-state index contributed by atoms with van der Waals surface area (Å²) in [6, 6.07) is 7.78. The molecule has 2 heterocycles. The SMILES string of the molecule is Cc1ccc(-c2[nH]c3c(C)ccc(C(=O)O)c3c2CCCCN)s1. The number of nitrogens with one attached hydrogen (secondary N) is 1. The molecule has 0 fully saturated rings. The predicted molar refractivity (Wildman–Crippen MR) is 100 cm³/mol. The van der Waals surface area contributed by atoms with Crippen molar-refractivity contribution < 1.29 is 9.90 Å². The zero-order valence-corrected chi connectivity index (χ0v) is 14.8. The smallest absolute Gasteiger partial charge is 0.336 e. The van der Waals surface area contributed by atoms with E-state index < -0.39 is 5.97 Å². The van der Waals surface area contributed by atoms with Gasteiger partial charge in [-0.15, -0.1) is 11.3 Å². The van der Waals surface area contributed by atoms with Crippen LogP contribution in [0.25, 0.3) is 21.5 Å². The van der Waals surface area contributed by atoms with Crippen molar-refractivity contribution in [3.8, 4) is 10.6 Å². The van der Waals surface area contributed by atoms with Gasteiger partial charge >= 0.3 is 5.97 Å². The normalized spacial score (nSPS) is 11.3. The van der Waals surface area contributed by atoms with Crippen LogP contribution in [0.2, 0.25) is 0 Å². The Morgan fingerprint density at radius 1 is 1.21 bits per heavy atom. The van der Waals surface area contributed by atoms with Gasteiger partial charge in [0.05, 0.1) is 16.1 Å². The molecule has 0 aliphatic heterocycles. The summed E-state index contributed by atoms with van der Waals surface area (Å²) in [6.45, 7) is 4.75. The lowest BCUT2D eigenvalue weighted by Gasteiger charge is -2.06. The zero-order chi connectivity index (χ0) is 17.3. The van der Waals surface area contributed by atoms with E-state index in [1.165, 1.54) is 4.88 Å². The third kappa shape index (κ3) is 2.97. The number of fused-ring (bicyclic) bond motifs is 1. The zero-order valence-electron chi connectivity index (χ0n) is 14.0. The van der Waals surface area contributed by atoms with Crippen molar-refractivity contribution in [1.82, 2.24) is 4.98 Å². The van der Waals surface area contributed by atoms with E-state index in [0.717, 1.165) is 51.9 Å². The van der Waals surface area contributed by atoms with Gasteiger partial charge < -0.3 is 15.8 Å². The molecule has 3 aromatic rings. The highest BCUT2D eigenvalue weighted by atomic mass is 32.1. The first-order chi connectivity index (χ1) is 11.5. The number of thiophene rings is 1. The van der Waals surface area contributed by atoms with E-state index in [-0.39, 0.29) is 0 Å². The molecule has 2 aromatic heterocycles. The van der Waals surface area contributed by atoms with Crippen LogP contribution in [0, 0.1) is 13.8 Å². The topological polar surface area (TPSA) is 79.1 Å². The molecule has 0 bridgehead atoms. The van der Waals surface area contributed by atoms with Crippen LogP contribution in [0.4, 0.5) is 0 Å². The molecule has 0 saturated carbocycles. The van der Waals surface area contributed by atoms with Crippen LogP contribution in [0.3, 0.4) is 0 Å². The largest absolute Gasteiger partial charge is 0.478 e. The summed E-state index contributed by atoms with van der Waals surface area (Å²) in [6.07, 6.45) is 2.71. The highest BCUT2D eigenvalue weighted by Gasteiger charge is 2.20. The second-order valence-corrected chi connectivity index (χ2v) is 7.41. The third-order valence-electron chi connectivity index (χ3n) is 4.37. The van der Waals surface area contributed by atoms with Gasteiger partial charge in [0.2, 0.25) is 0 Å². The van der Waals surface area contributed by atoms with E-state index in [9.17, 15) is 9.90 Å². The van der Waals surface area contributed by atoms with Crippen molar-refractivity contribution in [2.75, 3.05) is 6.54 Å². The molecular formula is C19H22N2O2S. The van der Waals surface area contributed by atoms with Crippen LogP contribution in [0.1, 0.15) is 39.2 Å². The lowest BCUT2D eigenvalue weighted by atomic mass is 9.98. The number of carbonyl (C=O) groups is 1. The molecule has 4 N–H and O–H groups in total. The standard InChI is InChI=1S/C19H22N2O2S/c1-11-6-8-14(19(22)23)16-13(5-3-4-10-20)18(21-17(11)16)15-9-7-12(2)24-15/h6-9,21H,3-5,10,20H2,1-2H3,(H,22,23). The van der Waals surface area contributed by atoms with Crippen LogP contribution in [0.5, 0.6) is 0 Å². The molecule has 0 unspecified atom stereocenters. The van der Waals surface area contributed by atoms with Crippen LogP contribution >= 0.6 is 11.3 Å². The number of carboxylic acids is 1. The number of aryl methyl sites for hydroxylation is 3. The Bertz CT molecular complexity index is 892. The van der Waals surface area contributed by atoms with E-state index in [2.05, 4.69) is 24.0 Å². The highest BCUT2D eigenvalue weighted by molar-refractivity contribution is 7.15. The molecule has 1 aromatic carbocycles. The van der Waals surface area contributed by atoms with Crippen molar-refractivity contribution in [2.24, 2.45) is 5.73 Å². The van der Waals surface area contributed by atoms with E-state index in [4.69, 9.17) is 5.73 Å². The van der Waals surface area contributed by atoms with Crippen molar-refractivity contribution in [2.45, 2.75) is 33.1 Å². The second-order valence-electron chi connectivity index (χ2n) is 6.12. The number of H-pyrrole nitrogens is 1. The summed E-state index contributed by atoms with van der Waals surface area (Å²) >= 11 is 1.73. The number of nitrogens with two attached hydrogens (primary N) is 1. The van der Waals surface area contributed by atoms with Crippen molar-refractivity contribution in [1.29, 1.82) is 0 Å². The van der Waals surface area contributed by atoms with Crippen LogP contribution in [-0.4, -0.2) is 22.6 Å². The number of unbranched alkanes of at least 4 members (excludes halogenated alkanes) is 1. The first-order valence-corrected chi connectivity index (χ1v) is 8.99. The molecule has 4 nitrogen and oxygen atoms in total. The van der Waals surface area contributed by atoms with Gasteiger partial charge in [-0.3, -0.25) is 0 Å². The molecule has 0 spiro atoms. The Hall–Kier alpha value is -2.11. The second kappa shape index (κ2) is 6.79. The first-order valence-electron chi connectivity index (χ1n) is 8.17. The number of hydrogen-bond donors (Lipinski definition) is 3. The van der Waals surface area contributed by atoms with Crippen LogP contribution < -0.4 is 5.73 Å². The summed E-state index contributed by atoms with van der Waals surface area (Å²) in [5.41, 5.74) is 10.2. The Balaban J connectivity index is 2.26. The fourth-order valence-electron chi connectivity index (χ4n) is 3.16. The van der Waals surface area contributed by atoms with Gasteiger partial charge in [-0.1, -0.05) is 6.07 Å². The fourth-order valence-corrected chi connectivity index (χ4v) is 4.06. The Morgan fingerprint density at radius 2 is 2.00 bits per heavy atom. The Kier molecular flexibility index (Phi) is 4.73. The number of benzene rings is 1. The number of carboxylic acid groups (broad SMARTS) is 1. The molecule has 24 heavy (non-hydrogen) atoms. The summed E-state index contributed by atoms with van der Waals surface area (Å²) in [5.74, 6) is -0.881. The van der Waals surface area contributed by atoms with Crippen molar-refractivity contribution in [3.63, 3.8) is 0 Å². The number of rotatable bonds is 6. The molecule has 0 amide bonds. The first kappa shape index (κ1) is 16.7. The average Bonchev–Trinajstić information content (AvgIpc) is 3.12. The van der Waals surface area contributed by atoms with Gasteiger partial charge in [0.25, 0.3) is 0 Å². The van der Waals surface area contributed by atoms with Gasteiger partial charge in [-0.2, -0.15) is 0 Å². The maximum atomic E-state index is 11.7. The lowest BCUT2D eigenvalue weighted by Crippen LogP contribution is -2.01. The Labute approximate surface area is 145 Å². The molecule has 5 heteroatoms. The predicted octanol–water partition coefficient (Wildman–Crippen LogP) is 4.49. The van der Waals surface area contributed by atoms with E-state index in [1.54, 1.807) is 17.4 Å².